The Morgan fingerprint density at radius 3 is 2.83 bits per heavy atom. The number of amides is 1. The third-order valence-electron chi connectivity index (χ3n) is 5.05. The SMILES string of the molecule is CC1CCCN(C(=O)CSc2nnc(-c3cccnc3)n2-c2ccc(Cl)c(Cl)c2)C1. The number of thioether (sulfide) groups is 1. The molecule has 6 nitrogen and oxygen atoms in total. The summed E-state index contributed by atoms with van der Waals surface area (Å²) in [5, 5.41) is 10.3. The number of carbonyl (C=O) groups is 1. The molecule has 1 unspecified atom stereocenters. The maximum Gasteiger partial charge on any atom is 0.233 e. The smallest absolute Gasteiger partial charge is 0.233 e. The van der Waals surface area contributed by atoms with Gasteiger partial charge in [-0.25, -0.2) is 0 Å². The van der Waals surface area contributed by atoms with Crippen molar-refractivity contribution in [1.29, 1.82) is 0 Å². The first kappa shape index (κ1) is 21.2. The Hall–Kier alpha value is -2.09. The third kappa shape index (κ3) is 4.63. The zero-order valence-corrected chi connectivity index (χ0v) is 18.8. The van der Waals surface area contributed by atoms with Crippen molar-refractivity contribution in [2.24, 2.45) is 5.92 Å². The second kappa shape index (κ2) is 9.37. The van der Waals surface area contributed by atoms with Gasteiger partial charge >= 0.3 is 0 Å². The molecule has 1 atom stereocenters. The predicted octanol–water partition coefficient (Wildman–Crippen LogP) is 4.99. The molecule has 0 aliphatic carbocycles. The van der Waals surface area contributed by atoms with E-state index in [0.717, 1.165) is 30.8 Å². The van der Waals surface area contributed by atoms with Crippen LogP contribution in [0.2, 0.25) is 10.0 Å². The molecule has 0 radical (unpaired) electrons. The fourth-order valence-electron chi connectivity index (χ4n) is 3.54. The van der Waals surface area contributed by atoms with Crippen molar-refractivity contribution in [3.8, 4) is 17.1 Å². The van der Waals surface area contributed by atoms with E-state index in [1.807, 2.05) is 27.7 Å². The van der Waals surface area contributed by atoms with Crippen molar-refractivity contribution in [1.82, 2.24) is 24.6 Å². The molecule has 4 rings (SSSR count). The minimum absolute atomic E-state index is 0.123. The van der Waals surface area contributed by atoms with Gasteiger partial charge in [-0.05, 0) is 49.1 Å². The zero-order chi connectivity index (χ0) is 21.1. The van der Waals surface area contributed by atoms with Crippen molar-refractivity contribution in [2.45, 2.75) is 24.9 Å². The fourth-order valence-corrected chi connectivity index (χ4v) is 4.68. The van der Waals surface area contributed by atoms with Crippen molar-refractivity contribution < 1.29 is 4.79 Å². The second-order valence-corrected chi connectivity index (χ2v) is 9.11. The lowest BCUT2D eigenvalue weighted by atomic mass is 10.0. The molecule has 1 amide bonds. The Balaban J connectivity index is 1.63. The molecule has 9 heteroatoms. The normalized spacial score (nSPS) is 16.6. The van der Waals surface area contributed by atoms with Crippen LogP contribution in [0.4, 0.5) is 0 Å². The molecule has 1 aliphatic rings. The summed E-state index contributed by atoms with van der Waals surface area (Å²) in [5.74, 6) is 1.60. The molecule has 0 spiro atoms. The number of halogens is 2. The van der Waals surface area contributed by atoms with Crippen LogP contribution in [0.5, 0.6) is 0 Å². The largest absolute Gasteiger partial charge is 0.342 e. The molecule has 3 heterocycles. The number of hydrogen-bond acceptors (Lipinski definition) is 5. The highest BCUT2D eigenvalue weighted by Gasteiger charge is 2.23. The number of likely N-dealkylation sites (tertiary alicyclic amines) is 1. The number of carbonyl (C=O) groups excluding carboxylic acids is 1. The van der Waals surface area contributed by atoms with Gasteiger partial charge in [-0.1, -0.05) is 41.9 Å². The van der Waals surface area contributed by atoms with Crippen LogP contribution < -0.4 is 0 Å². The number of nitrogens with zero attached hydrogens (tertiary/aromatic N) is 5. The van der Waals surface area contributed by atoms with E-state index in [2.05, 4.69) is 22.1 Å². The van der Waals surface area contributed by atoms with Gasteiger partial charge in [0.05, 0.1) is 21.5 Å². The monoisotopic (exact) mass is 461 g/mol. The van der Waals surface area contributed by atoms with Crippen LogP contribution in [0.15, 0.2) is 47.9 Å². The van der Waals surface area contributed by atoms with Crippen molar-refractivity contribution in [3.63, 3.8) is 0 Å². The summed E-state index contributed by atoms with van der Waals surface area (Å²) < 4.78 is 1.88. The Bertz CT molecular complexity index is 1040. The first-order valence-corrected chi connectivity index (χ1v) is 11.5. The van der Waals surface area contributed by atoms with Crippen molar-refractivity contribution >= 4 is 40.9 Å². The maximum absolute atomic E-state index is 12.7. The van der Waals surface area contributed by atoms with E-state index in [4.69, 9.17) is 23.2 Å². The van der Waals surface area contributed by atoms with Crippen LogP contribution in [0.3, 0.4) is 0 Å². The zero-order valence-electron chi connectivity index (χ0n) is 16.5. The highest BCUT2D eigenvalue weighted by Crippen LogP contribution is 2.31. The van der Waals surface area contributed by atoms with Gasteiger partial charge in [0.1, 0.15) is 0 Å². The van der Waals surface area contributed by atoms with Crippen LogP contribution in [0.1, 0.15) is 19.8 Å². The third-order valence-corrected chi connectivity index (χ3v) is 6.70. The summed E-state index contributed by atoms with van der Waals surface area (Å²) in [6, 6.07) is 9.12. The van der Waals surface area contributed by atoms with Gasteiger partial charge in [-0.15, -0.1) is 10.2 Å². The highest BCUT2D eigenvalue weighted by atomic mass is 35.5. The Morgan fingerprint density at radius 2 is 2.10 bits per heavy atom. The van der Waals surface area contributed by atoms with Crippen molar-refractivity contribution in [2.75, 3.05) is 18.8 Å². The molecule has 0 saturated carbocycles. The Labute approximate surface area is 189 Å². The fraction of sp³-hybridized carbons (Fsp3) is 0.333. The van der Waals surface area contributed by atoms with E-state index < -0.39 is 0 Å². The van der Waals surface area contributed by atoms with E-state index in [9.17, 15) is 4.79 Å². The summed E-state index contributed by atoms with van der Waals surface area (Å²) in [6.07, 6.45) is 5.67. The lowest BCUT2D eigenvalue weighted by Gasteiger charge is -2.30. The van der Waals surface area contributed by atoms with Gasteiger partial charge in [-0.3, -0.25) is 14.3 Å². The number of benzene rings is 1. The van der Waals surface area contributed by atoms with E-state index in [1.165, 1.54) is 18.2 Å². The van der Waals surface area contributed by atoms with Gasteiger partial charge in [0.15, 0.2) is 11.0 Å². The lowest BCUT2D eigenvalue weighted by molar-refractivity contribution is -0.130. The molecule has 1 fully saturated rings. The van der Waals surface area contributed by atoms with Crippen molar-refractivity contribution in [3.05, 3.63) is 52.8 Å². The minimum atomic E-state index is 0.123. The number of piperidine rings is 1. The van der Waals surface area contributed by atoms with Crippen LogP contribution in [-0.4, -0.2) is 49.4 Å². The quantitative estimate of drug-likeness (QED) is 0.500. The molecule has 156 valence electrons. The van der Waals surface area contributed by atoms with Gasteiger partial charge in [0.25, 0.3) is 0 Å². The molecular formula is C21H21Cl2N5OS. The molecule has 30 heavy (non-hydrogen) atoms. The highest BCUT2D eigenvalue weighted by molar-refractivity contribution is 7.99. The minimum Gasteiger partial charge on any atom is -0.342 e. The van der Waals surface area contributed by atoms with E-state index in [-0.39, 0.29) is 5.91 Å². The summed E-state index contributed by atoms with van der Waals surface area (Å²) in [7, 11) is 0. The van der Waals surface area contributed by atoms with Gasteiger partial charge < -0.3 is 4.90 Å². The second-order valence-electron chi connectivity index (χ2n) is 7.36. The summed E-state index contributed by atoms with van der Waals surface area (Å²) in [6.45, 7) is 3.83. The molecule has 1 aromatic carbocycles. The van der Waals surface area contributed by atoms with Crippen LogP contribution in [-0.2, 0) is 4.79 Å². The predicted molar refractivity (Wildman–Crippen MR) is 120 cm³/mol. The Kier molecular flexibility index (Phi) is 6.61. The number of aromatic nitrogens is 4. The summed E-state index contributed by atoms with van der Waals surface area (Å²) in [4.78, 5) is 18.9. The van der Waals surface area contributed by atoms with Crippen LogP contribution in [0, 0.1) is 5.92 Å². The Morgan fingerprint density at radius 1 is 1.23 bits per heavy atom. The van der Waals surface area contributed by atoms with Crippen LogP contribution >= 0.6 is 35.0 Å². The first-order valence-electron chi connectivity index (χ1n) is 9.74. The molecule has 1 saturated heterocycles. The van der Waals surface area contributed by atoms with E-state index in [0.29, 0.717) is 32.7 Å². The average Bonchev–Trinajstić information content (AvgIpc) is 3.18. The first-order chi connectivity index (χ1) is 14.5. The molecule has 0 N–H and O–H groups in total. The van der Waals surface area contributed by atoms with Gasteiger partial charge in [0, 0.05) is 31.0 Å². The molecule has 2 aromatic heterocycles. The molecule has 3 aromatic rings. The van der Waals surface area contributed by atoms with Gasteiger partial charge in [-0.2, -0.15) is 0 Å². The average molecular weight is 462 g/mol. The summed E-state index contributed by atoms with van der Waals surface area (Å²) >= 11 is 13.7. The molecule has 0 bridgehead atoms. The van der Waals surface area contributed by atoms with Gasteiger partial charge in [0.2, 0.25) is 5.91 Å². The van der Waals surface area contributed by atoms with E-state index in [1.54, 1.807) is 24.5 Å². The number of pyridine rings is 1. The summed E-state index contributed by atoms with van der Waals surface area (Å²) in [5.41, 5.74) is 1.59. The number of rotatable bonds is 5. The maximum atomic E-state index is 12.7. The topological polar surface area (TPSA) is 63.9 Å². The van der Waals surface area contributed by atoms with Crippen LogP contribution in [0.25, 0.3) is 17.1 Å². The van der Waals surface area contributed by atoms with E-state index >= 15 is 0 Å². The number of hydrogen-bond donors (Lipinski definition) is 0. The molecule has 1 aliphatic heterocycles. The standard InChI is InChI=1S/C21H21Cl2N5OS/c1-14-4-3-9-27(12-14)19(29)13-30-21-26-25-20(15-5-2-8-24-11-15)28(21)16-6-7-17(22)18(23)10-16/h2,5-8,10-11,14H,3-4,9,12-13H2,1H3. The molecular weight excluding hydrogens is 441 g/mol. The lowest BCUT2D eigenvalue weighted by Crippen LogP contribution is -2.40.